The number of aromatic nitrogens is 4. The molecule has 0 radical (unpaired) electrons. The van der Waals surface area contributed by atoms with Gasteiger partial charge in [-0.15, -0.1) is 0 Å². The first kappa shape index (κ1) is 20.9. The van der Waals surface area contributed by atoms with Gasteiger partial charge in [0.1, 0.15) is 12.2 Å². The van der Waals surface area contributed by atoms with Crippen molar-refractivity contribution in [2.45, 2.75) is 78.2 Å². The first-order chi connectivity index (χ1) is 13.2. The van der Waals surface area contributed by atoms with Crippen molar-refractivity contribution < 1.29 is 9.57 Å². The van der Waals surface area contributed by atoms with E-state index in [4.69, 9.17) is 21.2 Å². The second-order valence-corrected chi connectivity index (χ2v) is 8.69. The first-order valence-electron chi connectivity index (χ1n) is 9.87. The van der Waals surface area contributed by atoms with Gasteiger partial charge >= 0.3 is 0 Å². The van der Waals surface area contributed by atoms with Crippen LogP contribution in [0.4, 0.5) is 0 Å². The van der Waals surface area contributed by atoms with Crippen LogP contribution in [0.5, 0.6) is 0 Å². The largest absolute Gasteiger partial charge is 0.368 e. The molecule has 8 nitrogen and oxygen atoms in total. The van der Waals surface area contributed by atoms with Gasteiger partial charge in [-0.05, 0) is 32.1 Å². The van der Waals surface area contributed by atoms with E-state index in [1.807, 2.05) is 18.5 Å². The van der Waals surface area contributed by atoms with E-state index in [1.165, 1.54) is 5.56 Å². The Hall–Kier alpha value is -1.87. The van der Waals surface area contributed by atoms with Crippen LogP contribution in [0.1, 0.15) is 76.6 Å². The molecule has 2 aliphatic rings. The Kier molecular flexibility index (Phi) is 6.14. The molecule has 2 aromatic rings. The van der Waals surface area contributed by atoms with Crippen molar-refractivity contribution in [2.24, 2.45) is 17.0 Å². The third-order valence-corrected chi connectivity index (χ3v) is 5.62. The second-order valence-electron chi connectivity index (χ2n) is 8.69. The van der Waals surface area contributed by atoms with E-state index in [9.17, 15) is 0 Å². The van der Waals surface area contributed by atoms with Crippen molar-refractivity contribution in [1.29, 1.82) is 0 Å². The highest BCUT2D eigenvalue weighted by Gasteiger charge is 2.40. The molecule has 0 aliphatic carbocycles. The van der Waals surface area contributed by atoms with Crippen LogP contribution >= 0.6 is 0 Å². The fraction of sp³-hybridized carbons (Fsp3) is 0.650. The van der Waals surface area contributed by atoms with Crippen molar-refractivity contribution >= 4 is 0 Å². The maximum absolute atomic E-state index is 6.03. The molecule has 4 atom stereocenters. The third kappa shape index (κ3) is 4.25. The fourth-order valence-corrected chi connectivity index (χ4v) is 3.27. The number of nitrogens with zero attached hydrogens (tertiary/aromatic N) is 4. The maximum atomic E-state index is 6.03. The fourth-order valence-electron chi connectivity index (χ4n) is 3.27. The van der Waals surface area contributed by atoms with Gasteiger partial charge in [0.2, 0.25) is 0 Å². The van der Waals surface area contributed by atoms with Crippen LogP contribution in [-0.2, 0) is 16.0 Å². The highest BCUT2D eigenvalue weighted by atomic mass is 16.6. The van der Waals surface area contributed by atoms with E-state index < -0.39 is 0 Å². The highest BCUT2D eigenvalue weighted by molar-refractivity contribution is 5.38. The molecule has 4 unspecified atom stereocenters. The number of hydrogen-bond acceptors (Lipinski definition) is 7. The minimum Gasteiger partial charge on any atom is -0.368 e. The Labute approximate surface area is 166 Å². The molecule has 2 aliphatic heterocycles. The maximum Gasteiger partial charge on any atom is 0.172 e. The molecule has 4 rings (SSSR count). The summed E-state index contributed by atoms with van der Waals surface area (Å²) in [5, 5.41) is 4.68. The van der Waals surface area contributed by atoms with Gasteiger partial charge in [-0.25, -0.2) is 15.6 Å². The molecule has 0 amide bonds. The number of rotatable bonds is 3. The lowest BCUT2D eigenvalue weighted by Gasteiger charge is -2.22. The van der Waals surface area contributed by atoms with Gasteiger partial charge in [-0.3, -0.25) is 9.82 Å². The quantitative estimate of drug-likeness (QED) is 0.777. The second kappa shape index (κ2) is 8.24. The van der Waals surface area contributed by atoms with E-state index >= 15 is 0 Å². The number of hydrogen-bond donors (Lipinski definition) is 2. The lowest BCUT2D eigenvalue weighted by molar-refractivity contribution is 0.0269. The number of fused-ring (bicyclic) bond motifs is 4. The molecule has 1 fully saturated rings. The summed E-state index contributed by atoms with van der Waals surface area (Å²) in [7, 11) is 0. The van der Waals surface area contributed by atoms with Crippen molar-refractivity contribution in [3.8, 4) is 5.82 Å². The molecule has 2 bridgehead atoms. The number of nitrogens with two attached hydrogens (primary N) is 2. The summed E-state index contributed by atoms with van der Waals surface area (Å²) in [6.07, 6.45) is 8.06. The molecule has 4 heterocycles. The van der Waals surface area contributed by atoms with Gasteiger partial charge in [-0.1, -0.05) is 20.8 Å². The SMILES string of the molecule is CC(N)C(C)(C)C.CC(ON)c1nn(-c2cnccn2)c2c1CC1CCC2O1. The minimum atomic E-state index is -0.255. The van der Waals surface area contributed by atoms with E-state index in [0.29, 0.717) is 11.9 Å². The average molecular weight is 389 g/mol. The highest BCUT2D eigenvalue weighted by Crippen LogP contribution is 2.44. The van der Waals surface area contributed by atoms with Crippen LogP contribution < -0.4 is 11.6 Å². The van der Waals surface area contributed by atoms with Crippen LogP contribution in [0, 0.1) is 5.41 Å². The molecular weight excluding hydrogens is 356 g/mol. The molecule has 154 valence electrons. The summed E-state index contributed by atoms with van der Waals surface area (Å²) < 4.78 is 7.86. The monoisotopic (exact) mass is 388 g/mol. The normalized spacial score (nSPS) is 22.8. The van der Waals surface area contributed by atoms with Gasteiger partial charge in [0.25, 0.3) is 0 Å². The van der Waals surface area contributed by atoms with Gasteiger partial charge < -0.3 is 10.5 Å². The first-order valence-corrected chi connectivity index (χ1v) is 9.87. The van der Waals surface area contributed by atoms with E-state index in [0.717, 1.165) is 30.7 Å². The van der Waals surface area contributed by atoms with Crippen LogP contribution in [-0.4, -0.2) is 31.9 Å². The van der Waals surface area contributed by atoms with Gasteiger partial charge in [0, 0.05) is 30.4 Å². The summed E-state index contributed by atoms with van der Waals surface area (Å²) in [6, 6.07) is 0.299. The molecule has 0 aromatic carbocycles. The standard InChI is InChI=1S/C14H17N5O2.C6H15N/c1-8(21-15)13-10-6-9-2-3-11(20-9)14(10)19(18-13)12-7-16-4-5-17-12;1-5(7)6(2,3)4/h4-5,7-9,11H,2-3,6,15H2,1H3;5H,7H2,1-4H3. The molecule has 2 aromatic heterocycles. The summed E-state index contributed by atoms with van der Waals surface area (Å²) in [6.45, 7) is 10.3. The third-order valence-electron chi connectivity index (χ3n) is 5.62. The Balaban J connectivity index is 0.000000279. The lowest BCUT2D eigenvalue weighted by atomic mass is 9.89. The predicted molar refractivity (Wildman–Crippen MR) is 106 cm³/mol. The minimum absolute atomic E-state index is 0.0759. The predicted octanol–water partition coefficient (Wildman–Crippen LogP) is 2.77. The molecule has 0 spiro atoms. The summed E-state index contributed by atoms with van der Waals surface area (Å²) in [5.74, 6) is 6.05. The molecule has 0 saturated carbocycles. The lowest BCUT2D eigenvalue weighted by Crippen LogP contribution is -2.31. The Morgan fingerprint density at radius 2 is 1.96 bits per heavy atom. The van der Waals surface area contributed by atoms with Gasteiger partial charge in [0.05, 0.1) is 23.7 Å². The van der Waals surface area contributed by atoms with E-state index in [2.05, 4.69) is 35.8 Å². The van der Waals surface area contributed by atoms with Crippen molar-refractivity contribution in [2.75, 3.05) is 0 Å². The summed E-state index contributed by atoms with van der Waals surface area (Å²) in [5.41, 5.74) is 8.99. The Bertz CT molecular complexity index is 784. The van der Waals surface area contributed by atoms with Gasteiger partial charge in [-0.2, -0.15) is 5.10 Å². The zero-order chi connectivity index (χ0) is 20.5. The van der Waals surface area contributed by atoms with Crippen molar-refractivity contribution in [3.63, 3.8) is 0 Å². The molecule has 1 saturated heterocycles. The molecule has 28 heavy (non-hydrogen) atoms. The zero-order valence-electron chi connectivity index (χ0n) is 17.4. The van der Waals surface area contributed by atoms with Crippen LogP contribution in [0.15, 0.2) is 18.6 Å². The number of ether oxygens (including phenoxy) is 1. The summed E-state index contributed by atoms with van der Waals surface area (Å²) in [4.78, 5) is 13.5. The van der Waals surface area contributed by atoms with Crippen LogP contribution in [0.2, 0.25) is 0 Å². The van der Waals surface area contributed by atoms with Crippen molar-refractivity contribution in [3.05, 3.63) is 35.5 Å². The molecule has 8 heteroatoms. The van der Waals surface area contributed by atoms with E-state index in [1.54, 1.807) is 18.6 Å². The van der Waals surface area contributed by atoms with Crippen molar-refractivity contribution in [1.82, 2.24) is 19.7 Å². The average Bonchev–Trinajstić information content (AvgIpc) is 3.24. The Morgan fingerprint density at radius 1 is 1.25 bits per heavy atom. The topological polar surface area (TPSA) is 114 Å². The molecule has 4 N–H and O–H groups in total. The van der Waals surface area contributed by atoms with Crippen LogP contribution in [0.3, 0.4) is 0 Å². The molecular formula is C20H32N6O2. The van der Waals surface area contributed by atoms with Gasteiger partial charge in [0.15, 0.2) is 5.82 Å². The van der Waals surface area contributed by atoms with Crippen LogP contribution in [0.25, 0.3) is 5.82 Å². The Morgan fingerprint density at radius 3 is 2.54 bits per heavy atom. The zero-order valence-corrected chi connectivity index (χ0v) is 17.4. The smallest absolute Gasteiger partial charge is 0.172 e. The summed E-state index contributed by atoms with van der Waals surface area (Å²) >= 11 is 0. The van der Waals surface area contributed by atoms with E-state index in [-0.39, 0.29) is 23.7 Å².